The molecule has 2 aromatic heterocycles. The third kappa shape index (κ3) is 7.20. The Labute approximate surface area is 272 Å². The summed E-state index contributed by atoms with van der Waals surface area (Å²) >= 11 is 0. The van der Waals surface area contributed by atoms with Gasteiger partial charge in [0.1, 0.15) is 0 Å². The summed E-state index contributed by atoms with van der Waals surface area (Å²) in [6.45, 7) is 0. The van der Waals surface area contributed by atoms with Gasteiger partial charge in [-0.3, -0.25) is 9.97 Å². The third-order valence-corrected chi connectivity index (χ3v) is 8.61. The fraction of sp³-hybridized carbons (Fsp3) is 0.0909. The van der Waals surface area contributed by atoms with Crippen LogP contribution in [0.25, 0.3) is 44.8 Å². The van der Waals surface area contributed by atoms with E-state index in [1.165, 1.54) is 44.5 Å². The van der Waals surface area contributed by atoms with Crippen molar-refractivity contribution in [3.63, 3.8) is 0 Å². The van der Waals surface area contributed by atoms with Crippen LogP contribution in [0.4, 0.5) is 0 Å². The molecule has 0 atom stereocenters. The van der Waals surface area contributed by atoms with Crippen LogP contribution in [0.3, 0.4) is 0 Å². The molecule has 46 heavy (non-hydrogen) atoms. The summed E-state index contributed by atoms with van der Waals surface area (Å²) in [5.74, 6) is 0. The maximum absolute atomic E-state index is 4.68. The molecule has 0 saturated carbocycles. The maximum atomic E-state index is 4.68. The van der Waals surface area contributed by atoms with Crippen LogP contribution >= 0.6 is 0 Å². The van der Waals surface area contributed by atoms with Gasteiger partial charge in [-0.1, -0.05) is 121 Å². The number of benzene rings is 5. The van der Waals surface area contributed by atoms with E-state index >= 15 is 0 Å². The predicted molar refractivity (Wildman–Crippen MR) is 191 cm³/mol. The molecule has 0 radical (unpaired) electrons. The Bertz CT molecular complexity index is 1880. The highest BCUT2D eigenvalue weighted by Gasteiger charge is 2.07. The first-order valence-corrected chi connectivity index (χ1v) is 16.1. The van der Waals surface area contributed by atoms with Crippen LogP contribution in [0.2, 0.25) is 0 Å². The Morgan fingerprint density at radius 3 is 1.11 bits per heavy atom. The molecule has 0 aliphatic heterocycles. The summed E-state index contributed by atoms with van der Waals surface area (Å²) < 4.78 is 0. The molecule has 0 spiro atoms. The zero-order valence-electron chi connectivity index (χ0n) is 25.9. The molecule has 222 valence electrons. The van der Waals surface area contributed by atoms with Gasteiger partial charge < -0.3 is 0 Å². The van der Waals surface area contributed by atoms with Gasteiger partial charge in [-0.25, -0.2) is 0 Å². The van der Waals surface area contributed by atoms with E-state index in [0.29, 0.717) is 0 Å². The number of pyridine rings is 2. The van der Waals surface area contributed by atoms with Crippen molar-refractivity contribution < 1.29 is 0 Å². The fourth-order valence-corrected chi connectivity index (χ4v) is 6.02. The zero-order valence-corrected chi connectivity index (χ0v) is 25.9. The summed E-state index contributed by atoms with van der Waals surface area (Å²) in [7, 11) is 0. The van der Waals surface area contributed by atoms with E-state index in [-0.39, 0.29) is 0 Å². The second-order valence-electron chi connectivity index (χ2n) is 11.8. The van der Waals surface area contributed by atoms with Crippen LogP contribution < -0.4 is 0 Å². The van der Waals surface area contributed by atoms with Gasteiger partial charge in [0.25, 0.3) is 0 Å². The monoisotopic (exact) mass is 592 g/mol. The molecule has 0 aliphatic carbocycles. The number of aryl methyl sites for hydroxylation is 4. The molecule has 7 aromatic rings. The summed E-state index contributed by atoms with van der Waals surface area (Å²) in [6.07, 6.45) is 7.84. The molecule has 0 saturated heterocycles. The number of nitrogens with zero attached hydrogens (tertiary/aromatic N) is 2. The van der Waals surface area contributed by atoms with Crippen LogP contribution in [-0.4, -0.2) is 9.97 Å². The quantitative estimate of drug-likeness (QED) is 0.158. The van der Waals surface area contributed by atoms with Gasteiger partial charge in [-0.2, -0.15) is 0 Å². The Kier molecular flexibility index (Phi) is 8.87. The van der Waals surface area contributed by atoms with Gasteiger partial charge >= 0.3 is 0 Å². The molecular formula is C44H36N2. The maximum Gasteiger partial charge on any atom is 0.0708 e. The van der Waals surface area contributed by atoms with E-state index in [4.69, 9.17) is 0 Å². The Morgan fingerprint density at radius 2 is 0.674 bits per heavy atom. The molecular weight excluding hydrogens is 556 g/mol. The Hall–Kier alpha value is -5.60. The second-order valence-corrected chi connectivity index (χ2v) is 11.8. The number of hydrogen-bond acceptors (Lipinski definition) is 2. The van der Waals surface area contributed by atoms with Crippen molar-refractivity contribution in [2.24, 2.45) is 0 Å². The van der Waals surface area contributed by atoms with Gasteiger partial charge in [0.05, 0.1) is 11.4 Å². The van der Waals surface area contributed by atoms with Crippen molar-refractivity contribution in [1.29, 1.82) is 0 Å². The first-order valence-electron chi connectivity index (χ1n) is 16.1. The first-order chi connectivity index (χ1) is 22.8. The summed E-state index contributed by atoms with van der Waals surface area (Å²) in [5, 5.41) is 0. The Morgan fingerprint density at radius 1 is 0.283 bits per heavy atom. The lowest BCUT2D eigenvalue weighted by molar-refractivity contribution is 0.940. The van der Waals surface area contributed by atoms with Crippen molar-refractivity contribution in [2.45, 2.75) is 25.7 Å². The van der Waals surface area contributed by atoms with Gasteiger partial charge in [0, 0.05) is 23.5 Å². The topological polar surface area (TPSA) is 25.8 Å². The van der Waals surface area contributed by atoms with Gasteiger partial charge in [-0.05, 0) is 107 Å². The van der Waals surface area contributed by atoms with Gasteiger partial charge in [-0.15, -0.1) is 0 Å². The minimum atomic E-state index is 0.998. The molecule has 0 unspecified atom stereocenters. The highest BCUT2D eigenvalue weighted by Crippen LogP contribution is 2.27. The Balaban J connectivity index is 0.960. The lowest BCUT2D eigenvalue weighted by Gasteiger charge is -2.09. The van der Waals surface area contributed by atoms with Gasteiger partial charge in [0.2, 0.25) is 0 Å². The van der Waals surface area contributed by atoms with Crippen molar-refractivity contribution >= 4 is 0 Å². The number of hydrogen-bond donors (Lipinski definition) is 0. The van der Waals surface area contributed by atoms with E-state index in [1.54, 1.807) is 0 Å². The average molecular weight is 593 g/mol. The highest BCUT2D eigenvalue weighted by atomic mass is 14.7. The molecule has 0 aliphatic rings. The number of aromatic nitrogens is 2. The second kappa shape index (κ2) is 14.0. The molecule has 0 N–H and O–H groups in total. The molecule has 2 heterocycles. The smallest absolute Gasteiger partial charge is 0.0708 e. The van der Waals surface area contributed by atoms with Crippen LogP contribution in [0.5, 0.6) is 0 Å². The standard InChI is InChI=1S/C44H36N2/c1-3-11-37(12-4-1)39-25-27-45-43(31-39)41-15-7-9-35(29-41)23-21-33-17-19-34(20-18-33)22-24-36-10-8-16-42(30-36)44-32-40(26-28-46-44)38-13-5-2-6-14-38/h1-20,25-32H,21-24H2. The minimum Gasteiger partial charge on any atom is -0.256 e. The molecule has 0 amide bonds. The minimum absolute atomic E-state index is 0.998. The van der Waals surface area contributed by atoms with Gasteiger partial charge in [0.15, 0.2) is 0 Å². The summed E-state index contributed by atoms with van der Waals surface area (Å²) in [4.78, 5) is 9.35. The number of rotatable bonds is 10. The van der Waals surface area contributed by atoms with E-state index in [9.17, 15) is 0 Å². The van der Waals surface area contributed by atoms with E-state index in [0.717, 1.165) is 48.2 Å². The summed E-state index contributed by atoms with van der Waals surface area (Å²) in [5.41, 5.74) is 14.5. The zero-order chi connectivity index (χ0) is 31.0. The van der Waals surface area contributed by atoms with Crippen molar-refractivity contribution in [3.05, 3.63) is 192 Å². The van der Waals surface area contributed by atoms with E-state index < -0.39 is 0 Å². The predicted octanol–water partition coefficient (Wildman–Crippen LogP) is 10.7. The average Bonchev–Trinajstić information content (AvgIpc) is 3.15. The van der Waals surface area contributed by atoms with E-state index in [1.807, 2.05) is 24.5 Å². The SMILES string of the molecule is c1ccc(-c2ccnc(-c3cccc(CCc4ccc(CCc5cccc(-c6cc(-c7ccccc7)ccn6)c5)cc4)c3)c2)cc1. The van der Waals surface area contributed by atoms with Crippen molar-refractivity contribution in [2.75, 3.05) is 0 Å². The lowest BCUT2D eigenvalue weighted by atomic mass is 9.97. The van der Waals surface area contributed by atoms with Crippen LogP contribution in [0.15, 0.2) is 170 Å². The molecule has 2 heteroatoms. The fourth-order valence-electron chi connectivity index (χ4n) is 6.02. The van der Waals surface area contributed by atoms with Crippen LogP contribution in [-0.2, 0) is 25.7 Å². The molecule has 5 aromatic carbocycles. The summed E-state index contributed by atoms with van der Waals surface area (Å²) in [6, 6.07) is 56.3. The van der Waals surface area contributed by atoms with Crippen molar-refractivity contribution in [3.8, 4) is 44.8 Å². The molecule has 0 bridgehead atoms. The molecule has 0 fully saturated rings. The highest BCUT2D eigenvalue weighted by molar-refractivity contribution is 5.71. The largest absolute Gasteiger partial charge is 0.256 e. The molecule has 7 rings (SSSR count). The van der Waals surface area contributed by atoms with Crippen LogP contribution in [0.1, 0.15) is 22.3 Å². The van der Waals surface area contributed by atoms with E-state index in [2.05, 4.69) is 156 Å². The normalized spacial score (nSPS) is 11.0. The third-order valence-electron chi connectivity index (χ3n) is 8.61. The van der Waals surface area contributed by atoms with Crippen molar-refractivity contribution in [1.82, 2.24) is 9.97 Å². The van der Waals surface area contributed by atoms with Crippen LogP contribution in [0, 0.1) is 0 Å². The molecule has 2 nitrogen and oxygen atoms in total. The first kappa shape index (κ1) is 29.1. The lowest BCUT2D eigenvalue weighted by Crippen LogP contribution is -1.95.